The van der Waals surface area contributed by atoms with Crippen molar-refractivity contribution in [1.29, 1.82) is 0 Å². The van der Waals surface area contributed by atoms with Gasteiger partial charge in [-0.3, -0.25) is 9.20 Å². The van der Waals surface area contributed by atoms with Gasteiger partial charge in [0.05, 0.1) is 11.9 Å². The van der Waals surface area contributed by atoms with Gasteiger partial charge in [0.25, 0.3) is 5.91 Å². The molecule has 146 valence electrons. The zero-order valence-electron chi connectivity index (χ0n) is 16.3. The molecule has 3 heterocycles. The predicted octanol–water partition coefficient (Wildman–Crippen LogP) is 4.47. The Hall–Kier alpha value is -3.38. The molecular weight excluding hydrogens is 386 g/mol. The van der Waals surface area contributed by atoms with Crippen molar-refractivity contribution < 1.29 is 4.79 Å². The molecular formula is C22H20ClN5O. The topological polar surface area (TPSA) is 63.7 Å². The SMILES string of the molecule is Cc1nc2ccccn2c1C(=O)N/N=C/c1cc(C)n(-c2ccc(Cl)cc2)c1C. The van der Waals surface area contributed by atoms with Gasteiger partial charge in [-0.25, -0.2) is 10.4 Å². The number of benzene rings is 1. The molecule has 0 bridgehead atoms. The van der Waals surface area contributed by atoms with Gasteiger partial charge in [-0.05, 0) is 63.2 Å². The summed E-state index contributed by atoms with van der Waals surface area (Å²) in [4.78, 5) is 17.0. The second-order valence-electron chi connectivity index (χ2n) is 6.81. The van der Waals surface area contributed by atoms with E-state index < -0.39 is 0 Å². The molecule has 0 aliphatic rings. The van der Waals surface area contributed by atoms with Crippen LogP contribution in [0.2, 0.25) is 5.02 Å². The van der Waals surface area contributed by atoms with Crippen LogP contribution in [0.4, 0.5) is 0 Å². The number of nitrogens with zero attached hydrogens (tertiary/aromatic N) is 4. The van der Waals surface area contributed by atoms with Crippen molar-refractivity contribution in [3.8, 4) is 5.69 Å². The quantitative estimate of drug-likeness (QED) is 0.402. The van der Waals surface area contributed by atoms with Crippen LogP contribution in [0, 0.1) is 20.8 Å². The molecule has 1 N–H and O–H groups in total. The van der Waals surface area contributed by atoms with Gasteiger partial charge in [0, 0.05) is 33.9 Å². The number of carbonyl (C=O) groups excluding carboxylic acids is 1. The highest BCUT2D eigenvalue weighted by atomic mass is 35.5. The summed E-state index contributed by atoms with van der Waals surface area (Å²) >= 11 is 6.00. The van der Waals surface area contributed by atoms with Gasteiger partial charge in [-0.15, -0.1) is 0 Å². The van der Waals surface area contributed by atoms with E-state index >= 15 is 0 Å². The van der Waals surface area contributed by atoms with Crippen LogP contribution in [0.5, 0.6) is 0 Å². The first-order chi connectivity index (χ1) is 14.0. The molecule has 1 aromatic carbocycles. The number of hydrogen-bond donors (Lipinski definition) is 1. The van der Waals surface area contributed by atoms with Crippen LogP contribution in [-0.4, -0.2) is 26.1 Å². The van der Waals surface area contributed by atoms with E-state index in [1.165, 1.54) is 0 Å². The molecule has 4 rings (SSSR count). The summed E-state index contributed by atoms with van der Waals surface area (Å²) in [6, 6.07) is 15.3. The number of carbonyl (C=O) groups is 1. The second kappa shape index (κ2) is 7.56. The lowest BCUT2D eigenvalue weighted by Gasteiger charge is -2.09. The van der Waals surface area contributed by atoms with Gasteiger partial charge < -0.3 is 4.57 Å². The Morgan fingerprint density at radius 2 is 1.90 bits per heavy atom. The molecule has 0 fully saturated rings. The molecule has 0 saturated heterocycles. The third-order valence-electron chi connectivity index (χ3n) is 4.84. The number of fused-ring (bicyclic) bond motifs is 1. The zero-order valence-corrected chi connectivity index (χ0v) is 17.1. The molecule has 6 nitrogen and oxygen atoms in total. The Labute approximate surface area is 173 Å². The van der Waals surface area contributed by atoms with Crippen LogP contribution in [0.3, 0.4) is 0 Å². The van der Waals surface area contributed by atoms with E-state index in [1.807, 2.05) is 75.5 Å². The standard InChI is InChI=1S/C22H20ClN5O/c1-14-12-17(16(3)28(14)19-9-7-18(23)8-10-19)13-24-26-22(29)21-15(2)25-20-6-4-5-11-27(20)21/h4-13H,1-3H3,(H,26,29)/b24-13+. The van der Waals surface area contributed by atoms with Crippen molar-refractivity contribution in [2.24, 2.45) is 5.10 Å². The number of hydrogen-bond acceptors (Lipinski definition) is 3. The Morgan fingerprint density at radius 3 is 2.66 bits per heavy atom. The Kier molecular flexibility index (Phi) is 4.94. The molecule has 0 aliphatic carbocycles. The Morgan fingerprint density at radius 1 is 1.14 bits per heavy atom. The first-order valence-corrected chi connectivity index (χ1v) is 9.55. The first kappa shape index (κ1) is 19.0. The molecule has 0 saturated carbocycles. The van der Waals surface area contributed by atoms with E-state index in [-0.39, 0.29) is 5.91 Å². The van der Waals surface area contributed by atoms with E-state index in [1.54, 1.807) is 10.6 Å². The number of amides is 1. The summed E-state index contributed by atoms with van der Waals surface area (Å²) in [5.74, 6) is -0.302. The van der Waals surface area contributed by atoms with Gasteiger partial charge in [0.15, 0.2) is 0 Å². The second-order valence-corrected chi connectivity index (χ2v) is 7.25. The van der Waals surface area contributed by atoms with E-state index in [2.05, 4.69) is 20.1 Å². The van der Waals surface area contributed by atoms with E-state index in [9.17, 15) is 4.79 Å². The van der Waals surface area contributed by atoms with Crippen LogP contribution < -0.4 is 5.43 Å². The number of halogens is 1. The number of aromatic nitrogens is 3. The molecule has 7 heteroatoms. The maximum atomic E-state index is 12.6. The fraction of sp³-hybridized carbons (Fsp3) is 0.136. The lowest BCUT2D eigenvalue weighted by molar-refractivity contribution is 0.0948. The van der Waals surface area contributed by atoms with Crippen molar-refractivity contribution in [2.45, 2.75) is 20.8 Å². The Bertz CT molecular complexity index is 1230. The van der Waals surface area contributed by atoms with Crippen LogP contribution in [0.25, 0.3) is 11.3 Å². The fourth-order valence-corrected chi connectivity index (χ4v) is 3.63. The molecule has 0 unspecified atom stereocenters. The van der Waals surface area contributed by atoms with Gasteiger partial charge in [-0.1, -0.05) is 17.7 Å². The lowest BCUT2D eigenvalue weighted by Crippen LogP contribution is -2.20. The van der Waals surface area contributed by atoms with Gasteiger partial charge in [0.2, 0.25) is 0 Å². The largest absolute Gasteiger partial charge is 0.318 e. The minimum Gasteiger partial charge on any atom is -0.318 e. The van der Waals surface area contributed by atoms with Crippen molar-refractivity contribution >= 4 is 29.4 Å². The lowest BCUT2D eigenvalue weighted by atomic mass is 10.2. The minimum atomic E-state index is -0.302. The smallest absolute Gasteiger partial charge is 0.290 e. The third-order valence-corrected chi connectivity index (χ3v) is 5.10. The predicted molar refractivity (Wildman–Crippen MR) is 115 cm³/mol. The molecule has 0 aliphatic heterocycles. The van der Waals surface area contributed by atoms with E-state index in [0.717, 1.165) is 28.3 Å². The summed E-state index contributed by atoms with van der Waals surface area (Å²) in [5.41, 5.74) is 8.51. The van der Waals surface area contributed by atoms with Crippen molar-refractivity contribution in [1.82, 2.24) is 19.4 Å². The number of aryl methyl sites for hydroxylation is 2. The van der Waals surface area contributed by atoms with Crippen LogP contribution in [0.1, 0.15) is 33.1 Å². The van der Waals surface area contributed by atoms with Crippen molar-refractivity contribution in [3.05, 3.63) is 88.1 Å². The van der Waals surface area contributed by atoms with Crippen molar-refractivity contribution in [3.63, 3.8) is 0 Å². The molecule has 4 aromatic rings. The number of hydrazone groups is 1. The average molecular weight is 406 g/mol. The van der Waals surface area contributed by atoms with Gasteiger partial charge in [-0.2, -0.15) is 5.10 Å². The summed E-state index contributed by atoms with van der Waals surface area (Å²) in [7, 11) is 0. The highest BCUT2D eigenvalue weighted by molar-refractivity contribution is 6.30. The monoisotopic (exact) mass is 405 g/mol. The van der Waals surface area contributed by atoms with Crippen molar-refractivity contribution in [2.75, 3.05) is 0 Å². The Balaban J connectivity index is 1.57. The van der Waals surface area contributed by atoms with Gasteiger partial charge >= 0.3 is 0 Å². The molecule has 1 amide bonds. The molecule has 0 spiro atoms. The summed E-state index contributed by atoms with van der Waals surface area (Å²) in [6.07, 6.45) is 3.47. The maximum absolute atomic E-state index is 12.6. The number of imidazole rings is 1. The van der Waals surface area contributed by atoms with Crippen LogP contribution >= 0.6 is 11.6 Å². The first-order valence-electron chi connectivity index (χ1n) is 9.17. The summed E-state index contributed by atoms with van der Waals surface area (Å²) in [6.45, 7) is 5.85. The fourth-order valence-electron chi connectivity index (χ4n) is 3.51. The van der Waals surface area contributed by atoms with E-state index in [4.69, 9.17) is 11.6 Å². The molecule has 0 radical (unpaired) electrons. The summed E-state index contributed by atoms with van der Waals surface area (Å²) in [5, 5.41) is 4.87. The normalized spacial score (nSPS) is 11.4. The van der Waals surface area contributed by atoms with E-state index in [0.29, 0.717) is 16.4 Å². The minimum absolute atomic E-state index is 0.302. The van der Waals surface area contributed by atoms with Crippen LogP contribution in [-0.2, 0) is 0 Å². The molecule has 0 atom stereocenters. The van der Waals surface area contributed by atoms with Gasteiger partial charge in [0.1, 0.15) is 11.3 Å². The number of nitrogens with one attached hydrogen (secondary N) is 1. The molecule has 3 aromatic heterocycles. The maximum Gasteiger partial charge on any atom is 0.290 e. The third kappa shape index (κ3) is 3.54. The zero-order chi connectivity index (χ0) is 20.5. The number of rotatable bonds is 4. The average Bonchev–Trinajstić information content (AvgIpc) is 3.18. The highest BCUT2D eigenvalue weighted by Crippen LogP contribution is 2.21. The summed E-state index contributed by atoms with van der Waals surface area (Å²) < 4.78 is 3.88. The highest BCUT2D eigenvalue weighted by Gasteiger charge is 2.16. The number of pyridine rings is 1. The molecule has 29 heavy (non-hydrogen) atoms. The van der Waals surface area contributed by atoms with Crippen LogP contribution in [0.15, 0.2) is 59.8 Å².